The first kappa shape index (κ1) is 25.9. The maximum atomic E-state index is 13.5. The summed E-state index contributed by atoms with van der Waals surface area (Å²) in [4.78, 5) is 27.4. The molecule has 1 heterocycles. The maximum Gasteiger partial charge on any atom is 0.418 e. The van der Waals surface area contributed by atoms with Gasteiger partial charge in [-0.15, -0.1) is 0 Å². The molecule has 1 aromatic carbocycles. The lowest BCUT2D eigenvalue weighted by atomic mass is 9.98. The van der Waals surface area contributed by atoms with Gasteiger partial charge in [-0.05, 0) is 43.2 Å². The van der Waals surface area contributed by atoms with Gasteiger partial charge in [-0.3, -0.25) is 9.78 Å². The molecule has 2 N–H and O–H groups in total. The highest BCUT2D eigenvalue weighted by Crippen LogP contribution is 2.36. The van der Waals surface area contributed by atoms with Gasteiger partial charge in [-0.2, -0.15) is 26.3 Å². The van der Waals surface area contributed by atoms with Crippen molar-refractivity contribution in [1.82, 2.24) is 15.6 Å². The van der Waals surface area contributed by atoms with Crippen molar-refractivity contribution in [2.75, 3.05) is 13.2 Å². The number of carbonyl (C=O) groups excluding carboxylic acids is 2. The largest absolute Gasteiger partial charge is 0.466 e. The molecule has 0 saturated heterocycles. The van der Waals surface area contributed by atoms with Crippen LogP contribution in [0.5, 0.6) is 0 Å². The number of hydrogen-bond donors (Lipinski definition) is 2. The minimum Gasteiger partial charge on any atom is -0.466 e. The fraction of sp³-hybridized carbons (Fsp3) is 0.381. The van der Waals surface area contributed by atoms with Crippen molar-refractivity contribution in [3.05, 3.63) is 65.0 Å². The predicted octanol–water partition coefficient (Wildman–Crippen LogP) is 4.85. The molecule has 0 unspecified atom stereocenters. The van der Waals surface area contributed by atoms with Crippen LogP contribution in [0, 0.1) is 0 Å². The van der Waals surface area contributed by atoms with Gasteiger partial charge < -0.3 is 15.4 Å². The van der Waals surface area contributed by atoms with Crippen LogP contribution in [-0.4, -0.2) is 30.1 Å². The average Bonchev–Trinajstić information content (AvgIpc) is 2.74. The van der Waals surface area contributed by atoms with Gasteiger partial charge in [0.05, 0.1) is 29.5 Å². The summed E-state index contributed by atoms with van der Waals surface area (Å²) in [5, 5.41) is 4.72. The summed E-state index contributed by atoms with van der Waals surface area (Å²) in [7, 11) is 0. The minimum atomic E-state index is -4.81. The molecule has 0 aliphatic rings. The molecule has 0 radical (unpaired) electrons. The number of pyridine rings is 1. The number of amides is 2. The Balaban J connectivity index is 2.26. The molecule has 2 aromatic rings. The van der Waals surface area contributed by atoms with E-state index in [1.54, 1.807) is 6.92 Å². The summed E-state index contributed by atoms with van der Waals surface area (Å²) in [6, 6.07) is 2.81. The Hall–Kier alpha value is -3.31. The first-order valence-corrected chi connectivity index (χ1v) is 9.82. The van der Waals surface area contributed by atoms with Crippen molar-refractivity contribution in [3.63, 3.8) is 0 Å². The Morgan fingerprint density at radius 1 is 1.03 bits per heavy atom. The zero-order valence-corrected chi connectivity index (χ0v) is 17.4. The molecule has 0 fully saturated rings. The Morgan fingerprint density at radius 3 is 2.27 bits per heavy atom. The third-order valence-electron chi connectivity index (χ3n) is 4.41. The number of nitrogens with zero attached hydrogens (tertiary/aromatic N) is 1. The van der Waals surface area contributed by atoms with E-state index in [0.717, 1.165) is 30.5 Å². The van der Waals surface area contributed by atoms with Crippen LogP contribution in [0.4, 0.5) is 31.1 Å². The predicted molar refractivity (Wildman–Crippen MR) is 105 cm³/mol. The zero-order valence-electron chi connectivity index (χ0n) is 17.4. The van der Waals surface area contributed by atoms with E-state index in [1.807, 2.05) is 0 Å². The summed E-state index contributed by atoms with van der Waals surface area (Å²) in [6.45, 7) is 1.85. The summed E-state index contributed by atoms with van der Waals surface area (Å²) in [5.41, 5.74) is -2.75. The van der Waals surface area contributed by atoms with Gasteiger partial charge in [0.15, 0.2) is 0 Å². The molecule has 1 atom stereocenters. The topological polar surface area (TPSA) is 80.3 Å². The number of hydrogen-bond acceptors (Lipinski definition) is 4. The third-order valence-corrected chi connectivity index (χ3v) is 4.41. The van der Waals surface area contributed by atoms with Crippen LogP contribution < -0.4 is 10.6 Å². The van der Waals surface area contributed by atoms with Crippen LogP contribution in [0.2, 0.25) is 0 Å². The van der Waals surface area contributed by atoms with Crippen molar-refractivity contribution in [2.24, 2.45) is 0 Å². The molecule has 180 valence electrons. The van der Waals surface area contributed by atoms with Crippen molar-refractivity contribution in [2.45, 2.75) is 38.2 Å². The molecule has 1 aromatic heterocycles. The number of benzene rings is 1. The van der Waals surface area contributed by atoms with E-state index >= 15 is 0 Å². The van der Waals surface area contributed by atoms with Gasteiger partial charge in [0.1, 0.15) is 0 Å². The van der Waals surface area contributed by atoms with Crippen LogP contribution in [0.1, 0.15) is 48.2 Å². The van der Waals surface area contributed by atoms with Crippen molar-refractivity contribution in [3.8, 4) is 0 Å². The molecule has 6 nitrogen and oxygen atoms in total. The molecule has 2 amide bonds. The monoisotopic (exact) mass is 477 g/mol. The number of nitrogens with one attached hydrogen (secondary N) is 2. The third kappa shape index (κ3) is 7.65. The molecular weight excluding hydrogens is 456 g/mol. The quantitative estimate of drug-likeness (QED) is 0.324. The van der Waals surface area contributed by atoms with Gasteiger partial charge in [-0.25, -0.2) is 4.79 Å². The van der Waals surface area contributed by atoms with Crippen molar-refractivity contribution < 1.29 is 40.7 Å². The van der Waals surface area contributed by atoms with Gasteiger partial charge >= 0.3 is 24.4 Å². The molecule has 2 rings (SSSR count). The fourth-order valence-electron chi connectivity index (χ4n) is 2.91. The SMILES string of the molecule is CCOC(=O)CCCNC(=O)N[C@@H](c1ccc(C(F)(F)F)cc1)c1ncccc1C(F)(F)F. The fourth-order valence-corrected chi connectivity index (χ4v) is 2.91. The molecular formula is C21H21F6N3O3. The van der Waals surface area contributed by atoms with Crippen LogP contribution in [0.25, 0.3) is 0 Å². The molecule has 0 spiro atoms. The average molecular weight is 477 g/mol. The number of rotatable bonds is 8. The number of alkyl halides is 6. The Bertz CT molecular complexity index is 945. The Labute approximate surface area is 185 Å². The second-order valence-electron chi connectivity index (χ2n) is 6.80. The van der Waals surface area contributed by atoms with Crippen LogP contribution in [-0.2, 0) is 21.9 Å². The molecule has 12 heteroatoms. The first-order chi connectivity index (χ1) is 15.4. The summed E-state index contributed by atoms with van der Waals surface area (Å²) >= 11 is 0. The van der Waals surface area contributed by atoms with Crippen LogP contribution >= 0.6 is 0 Å². The van der Waals surface area contributed by atoms with E-state index in [2.05, 4.69) is 15.6 Å². The summed E-state index contributed by atoms with van der Waals surface area (Å²) in [5.74, 6) is -0.467. The highest BCUT2D eigenvalue weighted by molar-refractivity contribution is 5.75. The molecule has 33 heavy (non-hydrogen) atoms. The number of aromatic nitrogens is 1. The standard InChI is InChI=1S/C21H21F6N3O3/c1-2-33-16(31)6-4-12-29-19(32)30-17(13-7-9-14(10-8-13)20(22,23)24)18-15(21(25,26)27)5-3-11-28-18/h3,5,7-11,17H,2,4,6,12H2,1H3,(H2,29,30,32)/t17-/m0/s1. The number of halogens is 6. The van der Waals surface area contributed by atoms with E-state index in [0.29, 0.717) is 12.1 Å². The normalized spacial score (nSPS) is 12.7. The number of urea groups is 1. The maximum absolute atomic E-state index is 13.5. The second kappa shape index (κ2) is 11.0. The second-order valence-corrected chi connectivity index (χ2v) is 6.80. The van der Waals surface area contributed by atoms with Crippen molar-refractivity contribution in [1.29, 1.82) is 0 Å². The lowest BCUT2D eigenvalue weighted by Gasteiger charge is -2.23. The highest BCUT2D eigenvalue weighted by Gasteiger charge is 2.37. The Kier molecular flexibility index (Phi) is 8.66. The number of ether oxygens (including phenoxy) is 1. The van der Waals surface area contributed by atoms with E-state index in [9.17, 15) is 35.9 Å². The number of esters is 1. The minimum absolute atomic E-state index is 0.0126. The zero-order chi connectivity index (χ0) is 24.6. The summed E-state index contributed by atoms with van der Waals surface area (Å²) < 4.78 is 83.9. The molecule has 0 aliphatic heterocycles. The van der Waals surface area contributed by atoms with Gasteiger partial charge in [-0.1, -0.05) is 12.1 Å². The van der Waals surface area contributed by atoms with E-state index < -0.39 is 47.2 Å². The van der Waals surface area contributed by atoms with Gasteiger partial charge in [0.2, 0.25) is 0 Å². The highest BCUT2D eigenvalue weighted by atomic mass is 19.4. The van der Waals surface area contributed by atoms with Gasteiger partial charge in [0, 0.05) is 19.2 Å². The van der Waals surface area contributed by atoms with Crippen LogP contribution in [0.15, 0.2) is 42.6 Å². The first-order valence-electron chi connectivity index (χ1n) is 9.82. The smallest absolute Gasteiger partial charge is 0.418 e. The molecule has 0 saturated carbocycles. The van der Waals surface area contributed by atoms with Gasteiger partial charge in [0.25, 0.3) is 0 Å². The summed E-state index contributed by atoms with van der Waals surface area (Å²) in [6.07, 6.45) is -8.13. The number of carbonyl (C=O) groups is 2. The molecule has 0 aliphatic carbocycles. The van der Waals surface area contributed by atoms with Crippen LogP contribution in [0.3, 0.4) is 0 Å². The Morgan fingerprint density at radius 2 is 1.70 bits per heavy atom. The lowest BCUT2D eigenvalue weighted by Crippen LogP contribution is -2.40. The lowest BCUT2D eigenvalue weighted by molar-refractivity contribution is -0.143. The van der Waals surface area contributed by atoms with E-state index in [-0.39, 0.29) is 31.6 Å². The molecule has 0 bridgehead atoms. The van der Waals surface area contributed by atoms with E-state index in [4.69, 9.17) is 4.74 Å². The van der Waals surface area contributed by atoms with Crippen molar-refractivity contribution >= 4 is 12.0 Å². The van der Waals surface area contributed by atoms with E-state index in [1.165, 1.54) is 0 Å².